The van der Waals surface area contributed by atoms with Crippen molar-refractivity contribution in [3.63, 3.8) is 0 Å². The third kappa shape index (κ3) is 3.78. The van der Waals surface area contributed by atoms with Crippen molar-refractivity contribution in [2.75, 3.05) is 7.05 Å². The van der Waals surface area contributed by atoms with Gasteiger partial charge in [-0.3, -0.25) is 4.57 Å². The molecule has 0 radical (unpaired) electrons. The van der Waals surface area contributed by atoms with Crippen molar-refractivity contribution in [1.82, 2.24) is 19.3 Å². The van der Waals surface area contributed by atoms with Gasteiger partial charge < -0.3 is 4.90 Å². The number of aromatic nitrogens is 4. The highest BCUT2D eigenvalue weighted by atomic mass is 32.1. The Kier molecular flexibility index (Phi) is 5.39. The quantitative estimate of drug-likeness (QED) is 0.494. The lowest BCUT2D eigenvalue weighted by Crippen LogP contribution is -3.08. The topological polar surface area (TPSA) is 40.1 Å². The summed E-state index contributed by atoms with van der Waals surface area (Å²) < 4.78 is 6.03. The van der Waals surface area contributed by atoms with Crippen molar-refractivity contribution in [1.29, 1.82) is 0 Å². The normalized spacial score (nSPS) is 13.7. The number of aryl methyl sites for hydroxylation is 1. The van der Waals surface area contributed by atoms with E-state index in [2.05, 4.69) is 61.0 Å². The molecule has 0 aliphatic heterocycles. The molecular formula is C21H24N5S2+. The number of hydrogen-bond acceptors (Lipinski definition) is 4. The van der Waals surface area contributed by atoms with Gasteiger partial charge in [0.15, 0.2) is 11.7 Å². The second-order valence-corrected chi connectivity index (χ2v) is 8.57. The summed E-state index contributed by atoms with van der Waals surface area (Å²) in [6, 6.07) is 18.9. The van der Waals surface area contributed by atoms with Crippen molar-refractivity contribution in [3.8, 4) is 0 Å². The standard InChI is InChI=1S/C21H23N5S2/c1-15(20-22-18-11-7-8-12-19(18)28-20)24(3)14-26-21(27)25(16(2)23-26)13-17-9-5-4-6-10-17/h4-12,15H,13-14H2,1-3H3/p+1/t15-/m1/s1. The third-order valence-corrected chi connectivity index (χ3v) is 6.76. The molecule has 2 heterocycles. The molecule has 5 nitrogen and oxygen atoms in total. The molecule has 0 bridgehead atoms. The van der Waals surface area contributed by atoms with Crippen LogP contribution >= 0.6 is 23.6 Å². The summed E-state index contributed by atoms with van der Waals surface area (Å²) in [5, 5.41) is 5.85. The number of para-hydroxylation sites is 1. The van der Waals surface area contributed by atoms with Gasteiger partial charge in [-0.15, -0.1) is 11.3 Å². The summed E-state index contributed by atoms with van der Waals surface area (Å²) in [5.41, 5.74) is 2.30. The van der Waals surface area contributed by atoms with E-state index in [1.54, 1.807) is 11.3 Å². The van der Waals surface area contributed by atoms with Crippen LogP contribution in [0.4, 0.5) is 0 Å². The predicted molar refractivity (Wildman–Crippen MR) is 116 cm³/mol. The number of fused-ring (bicyclic) bond motifs is 1. The monoisotopic (exact) mass is 410 g/mol. The average Bonchev–Trinajstić information content (AvgIpc) is 3.25. The van der Waals surface area contributed by atoms with E-state index in [9.17, 15) is 0 Å². The molecule has 4 aromatic rings. The Balaban J connectivity index is 1.53. The van der Waals surface area contributed by atoms with Gasteiger partial charge in [0.25, 0.3) is 0 Å². The lowest BCUT2D eigenvalue weighted by atomic mass is 10.2. The molecular weight excluding hydrogens is 386 g/mol. The Morgan fingerprint density at radius 2 is 1.82 bits per heavy atom. The van der Waals surface area contributed by atoms with Crippen LogP contribution in [0.25, 0.3) is 10.2 Å². The van der Waals surface area contributed by atoms with E-state index in [0.717, 1.165) is 27.7 Å². The van der Waals surface area contributed by atoms with Crippen LogP contribution in [0.1, 0.15) is 29.4 Å². The first kappa shape index (κ1) is 19.0. The van der Waals surface area contributed by atoms with Gasteiger partial charge in [-0.05, 0) is 43.8 Å². The highest BCUT2D eigenvalue weighted by Crippen LogP contribution is 2.24. The summed E-state index contributed by atoms with van der Waals surface area (Å²) in [4.78, 5) is 6.12. The third-order valence-electron chi connectivity index (χ3n) is 5.11. The Morgan fingerprint density at radius 1 is 1.11 bits per heavy atom. The summed E-state index contributed by atoms with van der Waals surface area (Å²) in [5.74, 6) is 0.939. The van der Waals surface area contributed by atoms with Crippen LogP contribution in [0.3, 0.4) is 0 Å². The minimum absolute atomic E-state index is 0.263. The smallest absolute Gasteiger partial charge is 0.203 e. The molecule has 4 rings (SSSR count). The Bertz CT molecular complexity index is 1110. The molecule has 0 amide bonds. The van der Waals surface area contributed by atoms with E-state index in [1.807, 2.05) is 23.7 Å². The highest BCUT2D eigenvalue weighted by Gasteiger charge is 2.21. The van der Waals surface area contributed by atoms with Gasteiger partial charge in [-0.1, -0.05) is 42.5 Å². The van der Waals surface area contributed by atoms with Crippen LogP contribution in [0.2, 0.25) is 0 Å². The van der Waals surface area contributed by atoms with E-state index >= 15 is 0 Å². The average molecular weight is 411 g/mol. The van der Waals surface area contributed by atoms with Crippen LogP contribution in [0.15, 0.2) is 54.6 Å². The largest absolute Gasteiger partial charge is 0.311 e. The van der Waals surface area contributed by atoms with E-state index in [0.29, 0.717) is 6.67 Å². The maximum Gasteiger partial charge on any atom is 0.203 e. The molecule has 0 saturated heterocycles. The number of thiazole rings is 1. The van der Waals surface area contributed by atoms with Crippen LogP contribution in [0.5, 0.6) is 0 Å². The first-order chi connectivity index (χ1) is 13.5. The molecule has 0 aliphatic rings. The van der Waals surface area contributed by atoms with Gasteiger partial charge in [0.05, 0.1) is 23.8 Å². The van der Waals surface area contributed by atoms with Crippen LogP contribution in [-0.4, -0.2) is 26.4 Å². The number of nitrogens with zero attached hydrogens (tertiary/aromatic N) is 4. The minimum Gasteiger partial charge on any atom is -0.311 e. The summed E-state index contributed by atoms with van der Waals surface area (Å²) in [6.07, 6.45) is 0. The van der Waals surface area contributed by atoms with E-state index in [4.69, 9.17) is 22.3 Å². The SMILES string of the molecule is Cc1nn(C[NH+](C)[C@H](C)c2nc3ccccc3s2)c(=S)n1Cc1ccccc1. The number of hydrogen-bond donors (Lipinski definition) is 1. The fourth-order valence-corrected chi connectivity index (χ4v) is 4.67. The van der Waals surface area contributed by atoms with Crippen molar-refractivity contribution in [2.45, 2.75) is 33.1 Å². The minimum atomic E-state index is 0.263. The first-order valence-corrected chi connectivity index (χ1v) is 10.6. The van der Waals surface area contributed by atoms with Gasteiger partial charge >= 0.3 is 0 Å². The summed E-state index contributed by atoms with van der Waals surface area (Å²) >= 11 is 7.49. The second-order valence-electron chi connectivity index (χ2n) is 7.15. The molecule has 0 spiro atoms. The Morgan fingerprint density at radius 3 is 2.57 bits per heavy atom. The number of rotatable bonds is 6. The lowest BCUT2D eigenvalue weighted by Gasteiger charge is -2.19. The highest BCUT2D eigenvalue weighted by molar-refractivity contribution is 7.71. The van der Waals surface area contributed by atoms with Crippen molar-refractivity contribution in [2.24, 2.45) is 0 Å². The van der Waals surface area contributed by atoms with Gasteiger partial charge in [-0.25, -0.2) is 4.98 Å². The van der Waals surface area contributed by atoms with Gasteiger partial charge in [-0.2, -0.15) is 9.78 Å². The number of quaternary nitrogens is 1. The zero-order chi connectivity index (χ0) is 19.7. The van der Waals surface area contributed by atoms with Crippen LogP contribution < -0.4 is 4.90 Å². The van der Waals surface area contributed by atoms with Crippen LogP contribution in [0, 0.1) is 11.7 Å². The zero-order valence-corrected chi connectivity index (χ0v) is 17.9. The molecule has 1 unspecified atom stereocenters. The fraction of sp³-hybridized carbons (Fsp3) is 0.286. The van der Waals surface area contributed by atoms with Gasteiger partial charge in [0, 0.05) is 0 Å². The Hall–Kier alpha value is -2.35. The molecule has 28 heavy (non-hydrogen) atoms. The lowest BCUT2D eigenvalue weighted by molar-refractivity contribution is -0.933. The van der Waals surface area contributed by atoms with Crippen molar-refractivity contribution in [3.05, 3.63) is 75.8 Å². The van der Waals surface area contributed by atoms with Crippen molar-refractivity contribution < 1.29 is 4.90 Å². The summed E-state index contributed by atoms with van der Waals surface area (Å²) in [6.45, 7) is 5.68. The van der Waals surface area contributed by atoms with Gasteiger partial charge in [0.1, 0.15) is 11.9 Å². The summed E-state index contributed by atoms with van der Waals surface area (Å²) in [7, 11) is 2.17. The fourth-order valence-electron chi connectivity index (χ4n) is 3.26. The molecule has 144 valence electrons. The van der Waals surface area contributed by atoms with Crippen LogP contribution in [-0.2, 0) is 13.2 Å². The van der Waals surface area contributed by atoms with E-state index in [-0.39, 0.29) is 6.04 Å². The van der Waals surface area contributed by atoms with Gasteiger partial charge in [0.2, 0.25) is 4.77 Å². The molecule has 2 aromatic heterocycles. The molecule has 0 aliphatic carbocycles. The maximum absolute atomic E-state index is 5.72. The van der Waals surface area contributed by atoms with E-state index < -0.39 is 0 Å². The molecule has 1 N–H and O–H groups in total. The molecule has 2 aromatic carbocycles. The molecule has 0 fully saturated rings. The molecule has 2 atom stereocenters. The zero-order valence-electron chi connectivity index (χ0n) is 16.3. The number of benzene rings is 2. The Labute approximate surface area is 173 Å². The molecule has 0 saturated carbocycles. The van der Waals surface area contributed by atoms with Crippen molar-refractivity contribution >= 4 is 33.8 Å². The first-order valence-electron chi connectivity index (χ1n) is 9.39. The maximum atomic E-state index is 5.72. The second kappa shape index (κ2) is 7.95. The predicted octanol–water partition coefficient (Wildman–Crippen LogP) is 3.61. The number of nitrogens with one attached hydrogen (secondary N) is 1. The van der Waals surface area contributed by atoms with E-state index in [1.165, 1.54) is 15.2 Å². The molecule has 7 heteroatoms.